The van der Waals surface area contributed by atoms with E-state index in [4.69, 9.17) is 0 Å². The first-order valence-electron chi connectivity index (χ1n) is 3.79. The van der Waals surface area contributed by atoms with E-state index >= 15 is 0 Å². The molecule has 5 nitrogen and oxygen atoms in total. The van der Waals surface area contributed by atoms with E-state index < -0.39 is 0 Å². The van der Waals surface area contributed by atoms with E-state index in [0.29, 0.717) is 11.4 Å². The number of fused-ring (bicyclic) bond motifs is 1. The third-order valence-corrected chi connectivity index (χ3v) is 1.69. The fourth-order valence-corrected chi connectivity index (χ4v) is 1.14. The van der Waals surface area contributed by atoms with Crippen LogP contribution in [0.2, 0.25) is 0 Å². The van der Waals surface area contributed by atoms with E-state index in [1.165, 1.54) is 6.20 Å². The molecule has 0 atom stereocenters. The molecule has 1 aromatic rings. The molecule has 2 amide bonds. The number of hydrogen-bond donors (Lipinski definition) is 2. The van der Waals surface area contributed by atoms with Gasteiger partial charge in [-0.15, -0.1) is 0 Å². The third kappa shape index (κ3) is 1.48. The fourth-order valence-electron chi connectivity index (χ4n) is 1.14. The minimum atomic E-state index is -0.316. The molecule has 0 fully saturated rings. The smallest absolute Gasteiger partial charge is 0.233 e. The summed E-state index contributed by atoms with van der Waals surface area (Å²) in [6, 6.07) is 1.64. The number of carbonyl (C=O) groups excluding carboxylic acids is 2. The highest BCUT2D eigenvalue weighted by Crippen LogP contribution is 2.21. The van der Waals surface area contributed by atoms with Crippen molar-refractivity contribution >= 4 is 23.2 Å². The number of rotatable bonds is 0. The number of anilines is 2. The molecule has 66 valence electrons. The normalized spacial score (nSPS) is 15.4. The van der Waals surface area contributed by atoms with Gasteiger partial charge in [-0.2, -0.15) is 0 Å². The molecule has 0 bridgehead atoms. The van der Waals surface area contributed by atoms with Gasteiger partial charge < -0.3 is 10.6 Å². The molecule has 0 saturated heterocycles. The van der Waals surface area contributed by atoms with E-state index in [-0.39, 0.29) is 18.2 Å². The lowest BCUT2D eigenvalue weighted by molar-refractivity contribution is -0.123. The van der Waals surface area contributed by atoms with Crippen molar-refractivity contribution < 1.29 is 9.59 Å². The average molecular weight is 177 g/mol. The first kappa shape index (κ1) is 7.72. The summed E-state index contributed by atoms with van der Waals surface area (Å²) in [6.07, 6.45) is 2.91. The van der Waals surface area contributed by atoms with Crippen LogP contribution in [0.15, 0.2) is 18.5 Å². The minimum Gasteiger partial charge on any atom is -0.324 e. The van der Waals surface area contributed by atoms with Crippen LogP contribution in [0.4, 0.5) is 11.4 Å². The quantitative estimate of drug-likeness (QED) is 0.562. The molecule has 1 aliphatic rings. The zero-order valence-corrected chi connectivity index (χ0v) is 6.70. The van der Waals surface area contributed by atoms with Crippen LogP contribution in [-0.2, 0) is 9.59 Å². The number of amides is 2. The molecule has 0 spiro atoms. The van der Waals surface area contributed by atoms with Crippen molar-refractivity contribution in [2.24, 2.45) is 0 Å². The third-order valence-electron chi connectivity index (χ3n) is 1.69. The standard InChI is InChI=1S/C8H7N3O2/c12-7-3-8(13)11-6-4-9-2-1-5(6)10-7/h1-2,4H,3H2,(H,10,12)(H,11,13). The maximum absolute atomic E-state index is 11.1. The SMILES string of the molecule is O=C1CC(=O)Nc2cnccc2N1. The maximum Gasteiger partial charge on any atom is 0.233 e. The Hall–Kier alpha value is -1.91. The Bertz CT molecular complexity index is 340. The molecule has 0 saturated carbocycles. The second-order valence-corrected chi connectivity index (χ2v) is 2.69. The second-order valence-electron chi connectivity index (χ2n) is 2.69. The summed E-state index contributed by atoms with van der Waals surface area (Å²) < 4.78 is 0. The van der Waals surface area contributed by atoms with E-state index in [1.54, 1.807) is 12.3 Å². The summed E-state index contributed by atoms with van der Waals surface area (Å²) in [5, 5.41) is 5.16. The Morgan fingerprint density at radius 3 is 2.62 bits per heavy atom. The molecule has 1 aliphatic heterocycles. The average Bonchev–Trinajstić information content (AvgIpc) is 2.20. The topological polar surface area (TPSA) is 71.1 Å². The molecule has 2 rings (SSSR count). The molecule has 0 radical (unpaired) electrons. The van der Waals surface area contributed by atoms with E-state index in [2.05, 4.69) is 15.6 Å². The van der Waals surface area contributed by atoms with Gasteiger partial charge in [-0.25, -0.2) is 0 Å². The number of aromatic nitrogens is 1. The first-order valence-corrected chi connectivity index (χ1v) is 3.79. The molecular weight excluding hydrogens is 170 g/mol. The van der Waals surface area contributed by atoms with E-state index in [9.17, 15) is 9.59 Å². The monoisotopic (exact) mass is 177 g/mol. The van der Waals surface area contributed by atoms with Crippen molar-refractivity contribution in [2.45, 2.75) is 6.42 Å². The molecule has 1 aromatic heterocycles. The zero-order valence-electron chi connectivity index (χ0n) is 6.70. The van der Waals surface area contributed by atoms with Gasteiger partial charge in [-0.05, 0) is 6.07 Å². The van der Waals surface area contributed by atoms with Crippen molar-refractivity contribution in [2.75, 3.05) is 10.6 Å². The Morgan fingerprint density at radius 2 is 1.85 bits per heavy atom. The molecule has 2 N–H and O–H groups in total. The number of nitrogens with zero attached hydrogens (tertiary/aromatic N) is 1. The fraction of sp³-hybridized carbons (Fsp3) is 0.125. The maximum atomic E-state index is 11.1. The van der Waals surface area contributed by atoms with Gasteiger partial charge in [0.15, 0.2) is 0 Å². The van der Waals surface area contributed by atoms with Crippen LogP contribution >= 0.6 is 0 Å². The van der Waals surface area contributed by atoms with Gasteiger partial charge in [-0.3, -0.25) is 14.6 Å². The van der Waals surface area contributed by atoms with Crippen molar-refractivity contribution in [3.63, 3.8) is 0 Å². The highest BCUT2D eigenvalue weighted by Gasteiger charge is 2.17. The lowest BCUT2D eigenvalue weighted by Gasteiger charge is -2.03. The lowest BCUT2D eigenvalue weighted by Crippen LogP contribution is -2.16. The molecule has 0 unspecified atom stereocenters. The summed E-state index contributed by atoms with van der Waals surface area (Å²) in [6.45, 7) is 0. The van der Waals surface area contributed by atoms with Gasteiger partial charge in [-0.1, -0.05) is 0 Å². The van der Waals surface area contributed by atoms with Crippen LogP contribution in [0.25, 0.3) is 0 Å². The van der Waals surface area contributed by atoms with Gasteiger partial charge in [0.25, 0.3) is 0 Å². The molecule has 5 heteroatoms. The molecule has 2 heterocycles. The van der Waals surface area contributed by atoms with Gasteiger partial charge in [0.05, 0.1) is 17.6 Å². The van der Waals surface area contributed by atoms with Crippen LogP contribution in [0.3, 0.4) is 0 Å². The summed E-state index contributed by atoms with van der Waals surface area (Å²) in [5.41, 5.74) is 1.13. The minimum absolute atomic E-state index is 0.144. The van der Waals surface area contributed by atoms with Gasteiger partial charge in [0.1, 0.15) is 6.42 Å². The van der Waals surface area contributed by atoms with Crippen molar-refractivity contribution in [3.8, 4) is 0 Å². The second kappa shape index (κ2) is 2.85. The Morgan fingerprint density at radius 1 is 1.15 bits per heavy atom. The largest absolute Gasteiger partial charge is 0.324 e. The van der Waals surface area contributed by atoms with Crippen LogP contribution in [0, 0.1) is 0 Å². The summed E-state index contributed by atoms with van der Waals surface area (Å²) in [5.74, 6) is -0.619. The molecular formula is C8H7N3O2. The Balaban J connectivity index is 2.43. The molecule has 0 aromatic carbocycles. The predicted molar refractivity (Wildman–Crippen MR) is 46.1 cm³/mol. The highest BCUT2D eigenvalue weighted by molar-refractivity contribution is 6.13. The van der Waals surface area contributed by atoms with Crippen LogP contribution in [-0.4, -0.2) is 16.8 Å². The molecule has 0 aliphatic carbocycles. The zero-order chi connectivity index (χ0) is 9.26. The lowest BCUT2D eigenvalue weighted by atomic mass is 10.3. The van der Waals surface area contributed by atoms with Crippen molar-refractivity contribution in [1.82, 2.24) is 4.98 Å². The van der Waals surface area contributed by atoms with Gasteiger partial charge in [0, 0.05) is 6.20 Å². The predicted octanol–water partition coefficient (Wildman–Crippen LogP) is 0.362. The number of hydrogen-bond acceptors (Lipinski definition) is 3. The number of nitrogens with one attached hydrogen (secondary N) is 2. The number of carbonyl (C=O) groups is 2. The Labute approximate surface area is 74.2 Å². The molecule has 13 heavy (non-hydrogen) atoms. The van der Waals surface area contributed by atoms with Crippen LogP contribution in [0.5, 0.6) is 0 Å². The number of pyridine rings is 1. The first-order chi connectivity index (χ1) is 6.25. The van der Waals surface area contributed by atoms with E-state index in [0.717, 1.165) is 0 Å². The van der Waals surface area contributed by atoms with Crippen molar-refractivity contribution in [1.29, 1.82) is 0 Å². The van der Waals surface area contributed by atoms with Crippen LogP contribution < -0.4 is 10.6 Å². The highest BCUT2D eigenvalue weighted by atomic mass is 16.2. The van der Waals surface area contributed by atoms with Crippen molar-refractivity contribution in [3.05, 3.63) is 18.5 Å². The summed E-state index contributed by atoms with van der Waals surface area (Å²) in [4.78, 5) is 26.0. The van der Waals surface area contributed by atoms with Gasteiger partial charge in [0.2, 0.25) is 11.8 Å². The summed E-state index contributed by atoms with van der Waals surface area (Å²) >= 11 is 0. The van der Waals surface area contributed by atoms with E-state index in [1.807, 2.05) is 0 Å². The Kier molecular flexibility index (Phi) is 1.70. The van der Waals surface area contributed by atoms with Gasteiger partial charge >= 0.3 is 0 Å². The summed E-state index contributed by atoms with van der Waals surface area (Å²) in [7, 11) is 0. The van der Waals surface area contributed by atoms with Crippen LogP contribution in [0.1, 0.15) is 6.42 Å².